The van der Waals surface area contributed by atoms with Gasteiger partial charge < -0.3 is 15.2 Å². The number of hydrogen-bond donors (Lipinski definition) is 3. The van der Waals surface area contributed by atoms with Gasteiger partial charge in [0.1, 0.15) is 5.00 Å². The van der Waals surface area contributed by atoms with Crippen molar-refractivity contribution < 1.29 is 9.59 Å². The molecular formula is C27H36N4O2S. The Morgan fingerprint density at radius 2 is 2.00 bits per heavy atom. The van der Waals surface area contributed by atoms with Crippen LogP contribution in [-0.4, -0.2) is 36.5 Å². The van der Waals surface area contributed by atoms with E-state index in [1.54, 1.807) is 11.3 Å². The summed E-state index contributed by atoms with van der Waals surface area (Å²) < 4.78 is 2.12. The monoisotopic (exact) mass is 480 g/mol. The number of anilines is 1. The highest BCUT2D eigenvalue weighted by Gasteiger charge is 2.22. The molecule has 182 valence electrons. The molecule has 7 heteroatoms. The fourth-order valence-electron chi connectivity index (χ4n) is 5.02. The van der Waals surface area contributed by atoms with Gasteiger partial charge in [0.2, 0.25) is 0 Å². The van der Waals surface area contributed by atoms with Crippen LogP contribution in [0.4, 0.5) is 9.80 Å². The number of nitrogens with one attached hydrogen (secondary N) is 3. The van der Waals surface area contributed by atoms with E-state index in [4.69, 9.17) is 0 Å². The fraction of sp³-hybridized carbons (Fsp3) is 0.481. The van der Waals surface area contributed by atoms with Crippen LogP contribution in [0.15, 0.2) is 41.2 Å². The van der Waals surface area contributed by atoms with Gasteiger partial charge in [-0.1, -0.05) is 18.9 Å². The number of aldehydes is 1. The summed E-state index contributed by atoms with van der Waals surface area (Å²) in [6, 6.07) is 3.79. The molecule has 1 aliphatic heterocycles. The Morgan fingerprint density at radius 1 is 1.21 bits per heavy atom. The molecule has 3 heterocycles. The first-order valence-electron chi connectivity index (χ1n) is 12.5. The number of allylic oxidation sites excluding steroid dienone is 1. The molecule has 0 atom stereocenters. The lowest BCUT2D eigenvalue weighted by atomic mass is 9.90. The Morgan fingerprint density at radius 3 is 2.76 bits per heavy atom. The Hall–Kier alpha value is -2.64. The zero-order valence-electron chi connectivity index (χ0n) is 20.3. The minimum Gasteiger partial charge on any atom is -0.334 e. The number of aryl methyl sites for hydroxylation is 1. The van der Waals surface area contributed by atoms with Crippen molar-refractivity contribution in [3.05, 3.63) is 57.2 Å². The zero-order valence-corrected chi connectivity index (χ0v) is 21.2. The van der Waals surface area contributed by atoms with Gasteiger partial charge in [0.25, 0.3) is 0 Å². The molecule has 3 N–H and O–H groups in total. The second kappa shape index (κ2) is 11.7. The third kappa shape index (κ3) is 5.53. The van der Waals surface area contributed by atoms with Crippen LogP contribution in [0.3, 0.4) is 0 Å². The molecular weight excluding hydrogens is 444 g/mol. The number of aromatic nitrogens is 1. The smallest absolute Gasteiger partial charge is 0.320 e. The maximum Gasteiger partial charge on any atom is 0.320 e. The van der Waals surface area contributed by atoms with E-state index in [-0.39, 0.29) is 6.03 Å². The third-order valence-electron chi connectivity index (χ3n) is 6.92. The molecule has 0 saturated carbocycles. The molecule has 0 aromatic carbocycles. The standard InChI is InChI=1S/C27H36N4O2S/c1-3-4-9-20-16-28-13-12-21(20)23(19(2)31-14-7-8-15-31)17-29-27(33)30-26-24(18-32)22-10-5-6-11-25(22)34-26/h7-8,14-15,18,28H,3-6,9-13,16-17H2,1-2H3,(H2,29,30,33)/b23-19+. The average Bonchev–Trinajstić information content (AvgIpc) is 3.51. The number of thiophene rings is 1. The van der Waals surface area contributed by atoms with Crippen LogP contribution in [-0.2, 0) is 12.8 Å². The van der Waals surface area contributed by atoms with Crippen LogP contribution in [0.25, 0.3) is 5.70 Å². The predicted molar refractivity (Wildman–Crippen MR) is 141 cm³/mol. The molecule has 1 aliphatic carbocycles. The Labute approximate surface area is 206 Å². The molecule has 0 bridgehead atoms. The van der Waals surface area contributed by atoms with E-state index < -0.39 is 0 Å². The molecule has 34 heavy (non-hydrogen) atoms. The van der Waals surface area contributed by atoms with Crippen molar-refractivity contribution in [2.75, 3.05) is 25.0 Å². The summed E-state index contributed by atoms with van der Waals surface area (Å²) in [5, 5.41) is 10.3. The highest BCUT2D eigenvalue weighted by Crippen LogP contribution is 2.37. The lowest BCUT2D eigenvalue weighted by Gasteiger charge is -2.26. The molecule has 0 fully saturated rings. The van der Waals surface area contributed by atoms with Crippen molar-refractivity contribution >= 4 is 34.4 Å². The van der Waals surface area contributed by atoms with Crippen LogP contribution in [0.1, 0.15) is 73.2 Å². The van der Waals surface area contributed by atoms with Crippen molar-refractivity contribution in [3.8, 4) is 0 Å². The van der Waals surface area contributed by atoms with Crippen molar-refractivity contribution in [1.29, 1.82) is 0 Å². The van der Waals surface area contributed by atoms with E-state index in [2.05, 4.69) is 46.8 Å². The maximum atomic E-state index is 13.0. The lowest BCUT2D eigenvalue weighted by molar-refractivity contribution is 0.112. The highest BCUT2D eigenvalue weighted by molar-refractivity contribution is 7.16. The summed E-state index contributed by atoms with van der Waals surface area (Å²) in [6.07, 6.45) is 13.5. The van der Waals surface area contributed by atoms with Crippen LogP contribution >= 0.6 is 11.3 Å². The van der Waals surface area contributed by atoms with Crippen molar-refractivity contribution in [3.63, 3.8) is 0 Å². The van der Waals surface area contributed by atoms with E-state index >= 15 is 0 Å². The second-order valence-electron chi connectivity index (χ2n) is 9.15. The number of fused-ring (bicyclic) bond motifs is 1. The molecule has 0 unspecified atom stereocenters. The van der Waals surface area contributed by atoms with Crippen molar-refractivity contribution in [2.24, 2.45) is 0 Å². The number of nitrogens with zero attached hydrogens (tertiary/aromatic N) is 1. The predicted octanol–water partition coefficient (Wildman–Crippen LogP) is 5.77. The topological polar surface area (TPSA) is 75.2 Å². The normalized spacial score (nSPS) is 16.6. The third-order valence-corrected chi connectivity index (χ3v) is 8.15. The first-order chi connectivity index (χ1) is 16.6. The summed E-state index contributed by atoms with van der Waals surface area (Å²) >= 11 is 1.55. The molecule has 2 aliphatic rings. The van der Waals surface area contributed by atoms with Gasteiger partial charge in [0, 0.05) is 36.1 Å². The SMILES string of the molecule is CCCCC1=C(/C(CNC(=O)Nc2sc3c(c2C=O)CCCC3)=C(\C)n2cccc2)CCNC1. The van der Waals surface area contributed by atoms with Gasteiger partial charge in [-0.05, 0) is 87.3 Å². The Balaban J connectivity index is 1.55. The zero-order chi connectivity index (χ0) is 23.9. The summed E-state index contributed by atoms with van der Waals surface area (Å²) in [4.78, 5) is 26.0. The number of carbonyl (C=O) groups excluding carboxylic acids is 2. The molecule has 0 saturated heterocycles. The van der Waals surface area contributed by atoms with E-state index in [0.717, 1.165) is 75.6 Å². The van der Waals surface area contributed by atoms with Crippen LogP contribution < -0.4 is 16.0 Å². The second-order valence-corrected chi connectivity index (χ2v) is 10.3. The highest BCUT2D eigenvalue weighted by atomic mass is 32.1. The number of rotatable bonds is 9. The minimum absolute atomic E-state index is 0.260. The molecule has 0 radical (unpaired) electrons. The molecule has 2 aromatic rings. The number of carbonyl (C=O) groups is 2. The number of amides is 2. The Bertz CT molecular complexity index is 1080. The van der Waals surface area contributed by atoms with Gasteiger partial charge in [0.05, 0.1) is 5.56 Å². The van der Waals surface area contributed by atoms with E-state index in [9.17, 15) is 9.59 Å². The van der Waals surface area contributed by atoms with Crippen LogP contribution in [0.2, 0.25) is 0 Å². The average molecular weight is 481 g/mol. The quantitative estimate of drug-likeness (QED) is 0.399. The van der Waals surface area contributed by atoms with Gasteiger partial charge in [-0.3, -0.25) is 10.1 Å². The summed E-state index contributed by atoms with van der Waals surface area (Å²) in [7, 11) is 0. The maximum absolute atomic E-state index is 13.0. The van der Waals surface area contributed by atoms with Gasteiger partial charge in [-0.25, -0.2) is 4.79 Å². The van der Waals surface area contributed by atoms with Crippen LogP contribution in [0, 0.1) is 0 Å². The number of hydrogen-bond acceptors (Lipinski definition) is 4. The molecule has 2 amide bonds. The molecule has 4 rings (SSSR count). The van der Waals surface area contributed by atoms with Gasteiger partial charge in [-0.2, -0.15) is 0 Å². The summed E-state index contributed by atoms with van der Waals surface area (Å²) in [5.74, 6) is 0. The molecule has 0 spiro atoms. The summed E-state index contributed by atoms with van der Waals surface area (Å²) in [6.45, 7) is 6.65. The van der Waals surface area contributed by atoms with Crippen molar-refractivity contribution in [1.82, 2.24) is 15.2 Å². The lowest BCUT2D eigenvalue weighted by Crippen LogP contribution is -2.33. The number of urea groups is 1. The first-order valence-corrected chi connectivity index (χ1v) is 13.3. The van der Waals surface area contributed by atoms with Crippen molar-refractivity contribution in [2.45, 2.75) is 65.2 Å². The Kier molecular flexibility index (Phi) is 8.40. The fourth-order valence-corrected chi connectivity index (χ4v) is 6.27. The largest absolute Gasteiger partial charge is 0.334 e. The van der Waals surface area contributed by atoms with E-state index in [1.165, 1.54) is 28.0 Å². The van der Waals surface area contributed by atoms with Gasteiger partial charge in [-0.15, -0.1) is 11.3 Å². The molecule has 2 aromatic heterocycles. The minimum atomic E-state index is -0.260. The summed E-state index contributed by atoms with van der Waals surface area (Å²) in [5.41, 5.74) is 6.93. The van der Waals surface area contributed by atoms with Gasteiger partial charge in [0.15, 0.2) is 6.29 Å². The van der Waals surface area contributed by atoms with E-state index in [1.807, 2.05) is 12.1 Å². The van der Waals surface area contributed by atoms with Crippen LogP contribution in [0.5, 0.6) is 0 Å². The number of unbranched alkanes of at least 4 members (excludes halogenated alkanes) is 1. The van der Waals surface area contributed by atoms with Gasteiger partial charge >= 0.3 is 6.03 Å². The first kappa shape index (κ1) is 24.5. The van der Waals surface area contributed by atoms with E-state index in [0.29, 0.717) is 17.1 Å². The molecule has 6 nitrogen and oxygen atoms in total.